The number of aryl methyl sites for hydroxylation is 1. The van der Waals surface area contributed by atoms with Crippen molar-refractivity contribution < 1.29 is 8.42 Å². The van der Waals surface area contributed by atoms with Crippen LogP contribution in [-0.4, -0.2) is 39.3 Å². The van der Waals surface area contributed by atoms with Gasteiger partial charge in [-0.25, -0.2) is 18.4 Å². The molecule has 0 aliphatic rings. The van der Waals surface area contributed by atoms with Crippen LogP contribution in [0.5, 0.6) is 0 Å². The standard InChI is InChI=1S/C10H15N5O2S/c1-3-15-7-10(13-8-15)18(16,17)14(2)6-9-11-4-5-12-9/h4-5,7-8H,3,6H2,1-2H3,(H,11,12). The normalized spacial score (nSPS) is 12.2. The third-order valence-corrected chi connectivity index (χ3v) is 4.27. The number of nitrogens with one attached hydrogen (secondary N) is 1. The number of imidazole rings is 2. The van der Waals surface area contributed by atoms with Crippen LogP contribution in [0.1, 0.15) is 12.7 Å². The van der Waals surface area contributed by atoms with Crippen LogP contribution >= 0.6 is 0 Å². The monoisotopic (exact) mass is 269 g/mol. The van der Waals surface area contributed by atoms with Crippen molar-refractivity contribution in [2.75, 3.05) is 7.05 Å². The zero-order valence-corrected chi connectivity index (χ0v) is 11.1. The summed E-state index contributed by atoms with van der Waals surface area (Å²) in [6.07, 6.45) is 6.27. The van der Waals surface area contributed by atoms with Gasteiger partial charge in [0.2, 0.25) is 0 Å². The van der Waals surface area contributed by atoms with E-state index < -0.39 is 10.0 Å². The van der Waals surface area contributed by atoms with Crippen LogP contribution in [-0.2, 0) is 23.1 Å². The van der Waals surface area contributed by atoms with E-state index in [0.717, 1.165) is 0 Å². The summed E-state index contributed by atoms with van der Waals surface area (Å²) in [5.41, 5.74) is 0. The lowest BCUT2D eigenvalue weighted by Gasteiger charge is -2.13. The fraction of sp³-hybridized carbons (Fsp3) is 0.400. The number of sulfonamides is 1. The highest BCUT2D eigenvalue weighted by Gasteiger charge is 2.24. The van der Waals surface area contributed by atoms with E-state index in [1.165, 1.54) is 23.9 Å². The Bertz CT molecular complexity index is 602. The lowest BCUT2D eigenvalue weighted by atomic mass is 10.6. The number of nitrogens with zero attached hydrogens (tertiary/aromatic N) is 4. The molecule has 0 saturated heterocycles. The highest BCUT2D eigenvalue weighted by molar-refractivity contribution is 7.89. The molecule has 2 rings (SSSR count). The van der Waals surface area contributed by atoms with Crippen molar-refractivity contribution in [3.05, 3.63) is 30.7 Å². The Morgan fingerprint density at radius 1 is 1.44 bits per heavy atom. The average Bonchev–Trinajstić information content (AvgIpc) is 2.99. The Hall–Kier alpha value is -1.67. The van der Waals surface area contributed by atoms with Crippen molar-refractivity contribution in [1.82, 2.24) is 23.8 Å². The van der Waals surface area contributed by atoms with Crippen LogP contribution in [0.3, 0.4) is 0 Å². The van der Waals surface area contributed by atoms with Crippen molar-refractivity contribution in [3.8, 4) is 0 Å². The molecule has 0 radical (unpaired) electrons. The van der Waals surface area contributed by atoms with E-state index >= 15 is 0 Å². The molecule has 18 heavy (non-hydrogen) atoms. The molecule has 0 unspecified atom stereocenters. The molecule has 98 valence electrons. The number of rotatable bonds is 5. The minimum Gasteiger partial charge on any atom is -0.347 e. The first-order chi connectivity index (χ1) is 8.54. The van der Waals surface area contributed by atoms with Crippen LogP contribution in [0.25, 0.3) is 0 Å². The fourth-order valence-corrected chi connectivity index (χ4v) is 2.55. The van der Waals surface area contributed by atoms with Gasteiger partial charge in [-0.05, 0) is 6.92 Å². The minimum absolute atomic E-state index is 0.0541. The molecule has 2 heterocycles. The van der Waals surface area contributed by atoms with Gasteiger partial charge < -0.3 is 9.55 Å². The van der Waals surface area contributed by atoms with Gasteiger partial charge in [-0.15, -0.1) is 0 Å². The molecule has 0 spiro atoms. The second kappa shape index (κ2) is 4.91. The number of hydrogen-bond donors (Lipinski definition) is 1. The quantitative estimate of drug-likeness (QED) is 0.854. The number of aromatic nitrogens is 4. The van der Waals surface area contributed by atoms with Gasteiger partial charge in [0.25, 0.3) is 10.0 Å². The van der Waals surface area contributed by atoms with E-state index in [4.69, 9.17) is 0 Å². The van der Waals surface area contributed by atoms with Gasteiger partial charge in [0, 0.05) is 32.2 Å². The molecule has 0 bridgehead atoms. The van der Waals surface area contributed by atoms with Gasteiger partial charge in [0.15, 0.2) is 5.03 Å². The molecule has 8 heteroatoms. The van der Waals surface area contributed by atoms with Crippen LogP contribution in [0.15, 0.2) is 29.9 Å². The van der Waals surface area contributed by atoms with Crippen molar-refractivity contribution in [2.24, 2.45) is 0 Å². The molecule has 0 aliphatic carbocycles. The summed E-state index contributed by atoms with van der Waals surface area (Å²) in [6.45, 7) is 2.80. The predicted molar refractivity (Wildman–Crippen MR) is 65.1 cm³/mol. The van der Waals surface area contributed by atoms with Crippen LogP contribution in [0.4, 0.5) is 0 Å². The summed E-state index contributed by atoms with van der Waals surface area (Å²) in [6, 6.07) is 0. The maximum absolute atomic E-state index is 12.2. The highest BCUT2D eigenvalue weighted by atomic mass is 32.2. The van der Waals surface area contributed by atoms with Gasteiger partial charge in [-0.3, -0.25) is 0 Å². The van der Waals surface area contributed by atoms with Gasteiger partial charge >= 0.3 is 0 Å². The maximum atomic E-state index is 12.2. The average molecular weight is 269 g/mol. The lowest BCUT2D eigenvalue weighted by molar-refractivity contribution is 0.455. The molecule has 0 atom stereocenters. The summed E-state index contributed by atoms with van der Waals surface area (Å²) in [5.74, 6) is 0.594. The van der Waals surface area contributed by atoms with Crippen molar-refractivity contribution in [1.29, 1.82) is 0 Å². The van der Waals surface area contributed by atoms with Gasteiger partial charge in [0.05, 0.1) is 12.9 Å². The summed E-state index contributed by atoms with van der Waals surface area (Å²) in [5, 5.41) is 0.0541. The lowest BCUT2D eigenvalue weighted by Crippen LogP contribution is -2.27. The SMILES string of the molecule is CCn1cnc(S(=O)(=O)N(C)Cc2ncc[nH]2)c1. The molecular weight excluding hydrogens is 254 g/mol. The van der Waals surface area contributed by atoms with Gasteiger partial charge in [-0.2, -0.15) is 4.31 Å². The predicted octanol–water partition coefficient (Wildman–Crippen LogP) is 0.447. The number of H-pyrrole nitrogens is 1. The number of aromatic amines is 1. The third-order valence-electron chi connectivity index (χ3n) is 2.58. The zero-order valence-electron chi connectivity index (χ0n) is 10.2. The van der Waals surface area contributed by atoms with E-state index in [9.17, 15) is 8.42 Å². The summed E-state index contributed by atoms with van der Waals surface area (Å²) < 4.78 is 27.3. The first-order valence-electron chi connectivity index (χ1n) is 5.50. The largest absolute Gasteiger partial charge is 0.347 e. The summed E-state index contributed by atoms with van der Waals surface area (Å²) in [7, 11) is -2.06. The van der Waals surface area contributed by atoms with E-state index in [-0.39, 0.29) is 11.6 Å². The van der Waals surface area contributed by atoms with E-state index in [1.54, 1.807) is 17.0 Å². The Morgan fingerprint density at radius 3 is 2.78 bits per heavy atom. The second-order valence-corrected chi connectivity index (χ2v) is 5.83. The third kappa shape index (κ3) is 2.44. The fourth-order valence-electron chi connectivity index (χ4n) is 1.49. The molecule has 1 N–H and O–H groups in total. The van der Waals surface area contributed by atoms with E-state index in [2.05, 4.69) is 15.0 Å². The summed E-state index contributed by atoms with van der Waals surface area (Å²) >= 11 is 0. The van der Waals surface area contributed by atoms with Crippen molar-refractivity contribution in [3.63, 3.8) is 0 Å². The first kappa shape index (κ1) is 12.8. The van der Waals surface area contributed by atoms with Crippen LogP contribution in [0.2, 0.25) is 0 Å². The Labute approximate surface area is 106 Å². The molecule has 0 saturated carbocycles. The second-order valence-electron chi connectivity index (χ2n) is 3.84. The Balaban J connectivity index is 2.19. The minimum atomic E-state index is -3.56. The van der Waals surface area contributed by atoms with Crippen molar-refractivity contribution >= 4 is 10.0 Å². The maximum Gasteiger partial charge on any atom is 0.262 e. The van der Waals surface area contributed by atoms with Gasteiger partial charge in [-0.1, -0.05) is 0 Å². The van der Waals surface area contributed by atoms with E-state index in [0.29, 0.717) is 12.4 Å². The van der Waals surface area contributed by atoms with Crippen molar-refractivity contribution in [2.45, 2.75) is 25.0 Å². The topological polar surface area (TPSA) is 83.9 Å². The molecule has 0 aliphatic heterocycles. The molecule has 2 aromatic rings. The smallest absolute Gasteiger partial charge is 0.262 e. The van der Waals surface area contributed by atoms with E-state index in [1.807, 2.05) is 6.92 Å². The summed E-state index contributed by atoms with van der Waals surface area (Å²) in [4.78, 5) is 10.8. The first-order valence-corrected chi connectivity index (χ1v) is 6.94. The molecule has 0 fully saturated rings. The molecule has 7 nitrogen and oxygen atoms in total. The molecule has 0 aromatic carbocycles. The van der Waals surface area contributed by atoms with Gasteiger partial charge in [0.1, 0.15) is 5.82 Å². The Kier molecular flexibility index (Phi) is 3.48. The highest BCUT2D eigenvalue weighted by Crippen LogP contribution is 2.13. The van der Waals surface area contributed by atoms with Crippen LogP contribution < -0.4 is 0 Å². The zero-order chi connectivity index (χ0) is 13.2. The molecule has 2 aromatic heterocycles. The number of hydrogen-bond acceptors (Lipinski definition) is 4. The molecular formula is C10H15N5O2S. The Morgan fingerprint density at radius 2 is 2.22 bits per heavy atom. The molecule has 0 amide bonds. The van der Waals surface area contributed by atoms with Crippen LogP contribution in [0, 0.1) is 0 Å².